The lowest BCUT2D eigenvalue weighted by Gasteiger charge is -2.33. The molecule has 1 aliphatic rings. The number of likely N-dealkylation sites (tertiary alicyclic amines) is 1. The molecule has 0 aliphatic carbocycles. The Morgan fingerprint density at radius 3 is 2.63 bits per heavy atom. The largest absolute Gasteiger partial charge is 0.342 e. The van der Waals surface area contributed by atoms with Crippen molar-refractivity contribution in [2.75, 3.05) is 39.8 Å². The number of non-ortho nitro benzene ring substituents is 1. The number of rotatable bonds is 8. The van der Waals surface area contributed by atoms with E-state index in [-0.39, 0.29) is 23.0 Å². The van der Waals surface area contributed by atoms with E-state index >= 15 is 0 Å². The predicted molar refractivity (Wildman–Crippen MR) is 101 cm³/mol. The third-order valence-electron chi connectivity index (χ3n) is 4.74. The van der Waals surface area contributed by atoms with E-state index in [0.717, 1.165) is 36.3 Å². The highest BCUT2D eigenvalue weighted by atomic mass is 32.2. The minimum absolute atomic E-state index is 0.198. The molecular formula is C17H26N4O5S. The standard InChI is InChI=1S/C17H26N4O5S/c1-3-18-12-14-7-9-20(10-8-14)17(22)13-19(2)27(25,26)16-6-4-5-15(11-16)21(23)24/h4-6,11,14,18H,3,7-10,12-13H2,1-2H3. The van der Waals surface area contributed by atoms with Crippen molar-refractivity contribution in [2.45, 2.75) is 24.7 Å². The highest BCUT2D eigenvalue weighted by Crippen LogP contribution is 2.21. The number of nitrogens with zero attached hydrogens (tertiary/aromatic N) is 3. The molecule has 0 bridgehead atoms. The minimum Gasteiger partial charge on any atom is -0.342 e. The summed E-state index contributed by atoms with van der Waals surface area (Å²) in [7, 11) is -2.67. The van der Waals surface area contributed by atoms with E-state index in [4.69, 9.17) is 0 Å². The number of benzene rings is 1. The van der Waals surface area contributed by atoms with E-state index in [1.807, 2.05) is 0 Å². The molecule has 1 amide bonds. The van der Waals surface area contributed by atoms with Gasteiger partial charge in [0.15, 0.2) is 0 Å². The van der Waals surface area contributed by atoms with Crippen molar-refractivity contribution >= 4 is 21.6 Å². The SMILES string of the molecule is CCNCC1CCN(C(=O)CN(C)S(=O)(=O)c2cccc([N+](=O)[O-])c2)CC1. The van der Waals surface area contributed by atoms with Gasteiger partial charge in [-0.25, -0.2) is 8.42 Å². The molecule has 1 aliphatic heterocycles. The van der Waals surface area contributed by atoms with Crippen molar-refractivity contribution in [1.29, 1.82) is 0 Å². The van der Waals surface area contributed by atoms with E-state index in [1.54, 1.807) is 4.90 Å². The summed E-state index contributed by atoms with van der Waals surface area (Å²) in [4.78, 5) is 24.2. The molecule has 0 unspecified atom stereocenters. The van der Waals surface area contributed by atoms with Crippen molar-refractivity contribution in [3.8, 4) is 0 Å². The predicted octanol–water partition coefficient (Wildman–Crippen LogP) is 1.06. The molecule has 10 heteroatoms. The summed E-state index contributed by atoms with van der Waals surface area (Å²) >= 11 is 0. The van der Waals surface area contributed by atoms with E-state index in [9.17, 15) is 23.3 Å². The van der Waals surface area contributed by atoms with Crippen LogP contribution in [-0.2, 0) is 14.8 Å². The Labute approximate surface area is 159 Å². The molecule has 0 spiro atoms. The van der Waals surface area contributed by atoms with E-state index in [2.05, 4.69) is 12.2 Å². The molecule has 0 radical (unpaired) electrons. The minimum atomic E-state index is -3.98. The van der Waals surface area contributed by atoms with Gasteiger partial charge >= 0.3 is 0 Å². The number of amides is 1. The molecular weight excluding hydrogens is 372 g/mol. The molecule has 1 saturated heterocycles. The van der Waals surface area contributed by atoms with Gasteiger partial charge in [-0.3, -0.25) is 14.9 Å². The first-order chi connectivity index (χ1) is 12.8. The highest BCUT2D eigenvalue weighted by molar-refractivity contribution is 7.89. The molecule has 27 heavy (non-hydrogen) atoms. The molecule has 1 aromatic rings. The number of hydrogen-bond acceptors (Lipinski definition) is 6. The van der Waals surface area contributed by atoms with Gasteiger partial charge < -0.3 is 10.2 Å². The van der Waals surface area contributed by atoms with Crippen LogP contribution in [0.15, 0.2) is 29.2 Å². The number of nitro benzene ring substituents is 1. The number of piperidine rings is 1. The fourth-order valence-corrected chi connectivity index (χ4v) is 4.21. The van der Waals surface area contributed by atoms with Gasteiger partial charge in [0.05, 0.1) is 16.4 Å². The Kier molecular flexibility index (Phi) is 7.28. The van der Waals surface area contributed by atoms with E-state index in [1.165, 1.54) is 25.2 Å². The Hall–Kier alpha value is -2.04. The van der Waals surface area contributed by atoms with E-state index in [0.29, 0.717) is 19.0 Å². The van der Waals surface area contributed by atoms with Gasteiger partial charge in [-0.05, 0) is 37.9 Å². The molecule has 1 N–H and O–H groups in total. The molecule has 0 atom stereocenters. The number of nitrogens with one attached hydrogen (secondary N) is 1. The van der Waals surface area contributed by atoms with Crippen LogP contribution in [0.4, 0.5) is 5.69 Å². The van der Waals surface area contributed by atoms with Gasteiger partial charge in [0, 0.05) is 32.3 Å². The lowest BCUT2D eigenvalue weighted by atomic mass is 9.97. The molecule has 0 saturated carbocycles. The van der Waals surface area contributed by atoms with E-state index < -0.39 is 14.9 Å². The van der Waals surface area contributed by atoms with Crippen LogP contribution in [0.3, 0.4) is 0 Å². The third kappa shape index (κ3) is 5.47. The smallest absolute Gasteiger partial charge is 0.270 e. The van der Waals surface area contributed by atoms with Gasteiger partial charge in [0.25, 0.3) is 5.69 Å². The van der Waals surface area contributed by atoms with Crippen molar-refractivity contribution in [3.05, 3.63) is 34.4 Å². The quantitative estimate of drug-likeness (QED) is 0.518. The van der Waals surface area contributed by atoms with Crippen LogP contribution < -0.4 is 5.32 Å². The lowest BCUT2D eigenvalue weighted by Crippen LogP contribution is -2.45. The van der Waals surface area contributed by atoms with Crippen LogP contribution in [-0.4, -0.2) is 68.2 Å². The number of likely N-dealkylation sites (N-methyl/N-ethyl adjacent to an activating group) is 1. The summed E-state index contributed by atoms with van der Waals surface area (Å²) in [6.07, 6.45) is 1.78. The second kappa shape index (κ2) is 9.25. The molecule has 150 valence electrons. The van der Waals surface area contributed by atoms with Crippen LogP contribution in [0.1, 0.15) is 19.8 Å². The first-order valence-electron chi connectivity index (χ1n) is 8.95. The molecule has 1 fully saturated rings. The highest BCUT2D eigenvalue weighted by Gasteiger charge is 2.28. The van der Waals surface area contributed by atoms with Crippen LogP contribution in [0.2, 0.25) is 0 Å². The molecule has 9 nitrogen and oxygen atoms in total. The van der Waals surface area contributed by atoms with Crippen molar-refractivity contribution in [2.24, 2.45) is 5.92 Å². The maximum Gasteiger partial charge on any atom is 0.270 e. The topological polar surface area (TPSA) is 113 Å². The number of nitro groups is 1. The first kappa shape index (κ1) is 21.3. The van der Waals surface area contributed by atoms with Crippen LogP contribution in [0.25, 0.3) is 0 Å². The maximum absolute atomic E-state index is 12.6. The number of carbonyl (C=O) groups is 1. The first-order valence-corrected chi connectivity index (χ1v) is 10.4. The monoisotopic (exact) mass is 398 g/mol. The summed E-state index contributed by atoms with van der Waals surface area (Å²) in [6.45, 7) is 4.83. The van der Waals surface area contributed by atoms with Crippen molar-refractivity contribution < 1.29 is 18.1 Å². The Morgan fingerprint density at radius 1 is 1.37 bits per heavy atom. The lowest BCUT2D eigenvalue weighted by molar-refractivity contribution is -0.385. The van der Waals surface area contributed by atoms with Gasteiger partial charge in [-0.2, -0.15) is 4.31 Å². The van der Waals surface area contributed by atoms with Gasteiger partial charge in [-0.1, -0.05) is 13.0 Å². The fourth-order valence-electron chi connectivity index (χ4n) is 3.05. The summed E-state index contributed by atoms with van der Waals surface area (Å²) in [5.74, 6) is 0.272. The normalized spacial score (nSPS) is 15.9. The molecule has 2 rings (SSSR count). The average molecular weight is 398 g/mol. The van der Waals surface area contributed by atoms with Gasteiger partial charge in [0.1, 0.15) is 0 Å². The molecule has 0 aromatic heterocycles. The summed E-state index contributed by atoms with van der Waals surface area (Å²) < 4.78 is 26.2. The van der Waals surface area contributed by atoms with Gasteiger partial charge in [-0.15, -0.1) is 0 Å². The van der Waals surface area contributed by atoms with Crippen molar-refractivity contribution in [3.63, 3.8) is 0 Å². The zero-order chi connectivity index (χ0) is 20.0. The number of carbonyl (C=O) groups excluding carboxylic acids is 1. The zero-order valence-electron chi connectivity index (χ0n) is 15.6. The summed E-state index contributed by atoms with van der Waals surface area (Å²) in [5.41, 5.74) is -0.307. The fraction of sp³-hybridized carbons (Fsp3) is 0.588. The summed E-state index contributed by atoms with van der Waals surface area (Å²) in [5, 5.41) is 14.2. The molecule has 1 aromatic carbocycles. The summed E-state index contributed by atoms with van der Waals surface area (Å²) in [6, 6.07) is 4.83. The Bertz CT molecular complexity index is 775. The Balaban J connectivity index is 1.97. The number of sulfonamides is 1. The van der Waals surface area contributed by atoms with Gasteiger partial charge in [0.2, 0.25) is 15.9 Å². The van der Waals surface area contributed by atoms with Crippen LogP contribution in [0.5, 0.6) is 0 Å². The van der Waals surface area contributed by atoms with Crippen LogP contribution >= 0.6 is 0 Å². The zero-order valence-corrected chi connectivity index (χ0v) is 16.4. The second-order valence-electron chi connectivity index (χ2n) is 6.65. The maximum atomic E-state index is 12.6. The number of hydrogen-bond donors (Lipinski definition) is 1. The molecule has 1 heterocycles. The Morgan fingerprint density at radius 2 is 2.04 bits per heavy atom. The van der Waals surface area contributed by atoms with Crippen molar-refractivity contribution in [1.82, 2.24) is 14.5 Å². The van der Waals surface area contributed by atoms with Crippen LogP contribution in [0, 0.1) is 16.0 Å². The third-order valence-corrected chi connectivity index (χ3v) is 6.54. The average Bonchev–Trinajstić information content (AvgIpc) is 2.66. The second-order valence-corrected chi connectivity index (χ2v) is 8.69.